The molecule has 5 heteroatoms. The van der Waals surface area contributed by atoms with Crippen molar-refractivity contribution < 1.29 is 14.3 Å². The lowest BCUT2D eigenvalue weighted by Gasteiger charge is -2.38. The molecule has 4 rings (SSSR count). The summed E-state index contributed by atoms with van der Waals surface area (Å²) in [4.78, 5) is 17.8. The van der Waals surface area contributed by atoms with E-state index in [9.17, 15) is 4.79 Å². The molecule has 0 spiro atoms. The van der Waals surface area contributed by atoms with Crippen molar-refractivity contribution in [2.24, 2.45) is 0 Å². The molecule has 0 saturated heterocycles. The predicted molar refractivity (Wildman–Crippen MR) is 128 cm³/mol. The van der Waals surface area contributed by atoms with Crippen LogP contribution in [0.15, 0.2) is 66.7 Å². The summed E-state index contributed by atoms with van der Waals surface area (Å²) < 4.78 is 12.0. The maximum absolute atomic E-state index is 13.3. The van der Waals surface area contributed by atoms with Gasteiger partial charge in [-0.05, 0) is 62.3 Å². The molecule has 1 atom stereocenters. The van der Waals surface area contributed by atoms with Crippen LogP contribution in [0.2, 0.25) is 0 Å². The van der Waals surface area contributed by atoms with E-state index in [1.54, 1.807) is 12.1 Å². The zero-order valence-electron chi connectivity index (χ0n) is 19.2. The van der Waals surface area contributed by atoms with Gasteiger partial charge in [-0.1, -0.05) is 48.5 Å². The molecule has 0 aliphatic carbocycles. The van der Waals surface area contributed by atoms with Gasteiger partial charge in [0, 0.05) is 25.3 Å². The number of para-hydroxylation sites is 1. The summed E-state index contributed by atoms with van der Waals surface area (Å²) in [6.07, 6.45) is 1.02. The predicted octanol–water partition coefficient (Wildman–Crippen LogP) is 5.24. The Labute approximate surface area is 190 Å². The van der Waals surface area contributed by atoms with E-state index in [0.29, 0.717) is 23.7 Å². The quantitative estimate of drug-likeness (QED) is 0.395. The highest BCUT2D eigenvalue weighted by atomic mass is 16.5. The average molecular weight is 431 g/mol. The first-order valence-corrected chi connectivity index (χ1v) is 10.9. The summed E-state index contributed by atoms with van der Waals surface area (Å²) in [5, 5.41) is 0. The fraction of sp³-hybridized carbons (Fsp3) is 0.296. The molecule has 1 unspecified atom stereocenters. The van der Waals surface area contributed by atoms with Crippen LogP contribution in [0, 0.1) is 6.92 Å². The van der Waals surface area contributed by atoms with Gasteiger partial charge in [-0.25, -0.2) is 4.79 Å². The standard InChI is InChI=1S/C27H30N2O3/c1-19-25(27(30)32-21-13-9-6-10-14-21)24(31-18-20-11-7-5-8-12-20)17-22-23(28(2)3)15-16-29(4)26(19)22/h5-14,17,23H,15-16,18H2,1-4H3. The summed E-state index contributed by atoms with van der Waals surface area (Å²) in [7, 11) is 6.27. The van der Waals surface area contributed by atoms with Gasteiger partial charge in [0.1, 0.15) is 23.7 Å². The molecule has 1 aliphatic rings. The van der Waals surface area contributed by atoms with E-state index in [2.05, 4.69) is 30.9 Å². The number of benzene rings is 3. The molecule has 0 fully saturated rings. The van der Waals surface area contributed by atoms with E-state index in [0.717, 1.165) is 29.8 Å². The lowest BCUT2D eigenvalue weighted by molar-refractivity contribution is 0.0729. The molecule has 1 aliphatic heterocycles. The minimum Gasteiger partial charge on any atom is -0.488 e. The van der Waals surface area contributed by atoms with Crippen LogP contribution in [-0.2, 0) is 6.61 Å². The van der Waals surface area contributed by atoms with Gasteiger partial charge in [0.25, 0.3) is 0 Å². The number of esters is 1. The molecule has 166 valence electrons. The van der Waals surface area contributed by atoms with E-state index >= 15 is 0 Å². The molecular weight excluding hydrogens is 400 g/mol. The molecule has 3 aromatic rings. The van der Waals surface area contributed by atoms with Crippen molar-refractivity contribution in [2.45, 2.75) is 26.0 Å². The Bertz CT molecular complexity index is 1080. The largest absolute Gasteiger partial charge is 0.488 e. The number of ether oxygens (including phenoxy) is 2. The minimum absolute atomic E-state index is 0.262. The number of anilines is 1. The third kappa shape index (κ3) is 4.48. The van der Waals surface area contributed by atoms with Crippen LogP contribution in [0.4, 0.5) is 5.69 Å². The van der Waals surface area contributed by atoms with Crippen LogP contribution < -0.4 is 14.4 Å². The highest BCUT2D eigenvalue weighted by molar-refractivity contribution is 5.98. The SMILES string of the molecule is Cc1c(C(=O)Oc2ccccc2)c(OCc2ccccc2)cc2c1N(C)CCC2N(C)C. The highest BCUT2D eigenvalue weighted by Gasteiger charge is 2.31. The molecule has 5 nitrogen and oxygen atoms in total. The second kappa shape index (κ2) is 9.45. The maximum atomic E-state index is 13.3. The third-order valence-electron chi connectivity index (χ3n) is 6.03. The van der Waals surface area contributed by atoms with Crippen molar-refractivity contribution >= 4 is 11.7 Å². The Hall–Kier alpha value is -3.31. The molecule has 0 bridgehead atoms. The first-order chi connectivity index (χ1) is 15.5. The summed E-state index contributed by atoms with van der Waals surface area (Å²) in [5.41, 5.74) is 4.68. The lowest BCUT2D eigenvalue weighted by Crippen LogP contribution is -2.34. The fourth-order valence-corrected chi connectivity index (χ4v) is 4.43. The average Bonchev–Trinajstić information content (AvgIpc) is 2.78. The van der Waals surface area contributed by atoms with E-state index < -0.39 is 5.97 Å². The van der Waals surface area contributed by atoms with Crippen molar-refractivity contribution in [3.8, 4) is 11.5 Å². The summed E-state index contributed by atoms with van der Waals surface area (Å²) >= 11 is 0. The van der Waals surface area contributed by atoms with E-state index in [-0.39, 0.29) is 6.04 Å². The Morgan fingerprint density at radius 3 is 2.38 bits per heavy atom. The van der Waals surface area contributed by atoms with E-state index in [4.69, 9.17) is 9.47 Å². The Morgan fingerprint density at radius 1 is 1.06 bits per heavy atom. The number of carbonyl (C=O) groups is 1. The van der Waals surface area contributed by atoms with Gasteiger partial charge >= 0.3 is 5.97 Å². The number of fused-ring (bicyclic) bond motifs is 1. The number of hydrogen-bond acceptors (Lipinski definition) is 5. The van der Waals surface area contributed by atoms with Crippen LogP contribution in [0.25, 0.3) is 0 Å². The fourth-order valence-electron chi connectivity index (χ4n) is 4.43. The Balaban J connectivity index is 1.78. The number of nitrogens with zero attached hydrogens (tertiary/aromatic N) is 2. The molecule has 0 aromatic heterocycles. The summed E-state index contributed by atoms with van der Waals surface area (Å²) in [6.45, 7) is 3.30. The topological polar surface area (TPSA) is 42.0 Å². The van der Waals surface area contributed by atoms with Gasteiger partial charge in [0.05, 0.1) is 0 Å². The minimum atomic E-state index is -0.403. The van der Waals surface area contributed by atoms with E-state index in [1.165, 1.54) is 5.56 Å². The molecule has 0 N–H and O–H groups in total. The van der Waals surface area contributed by atoms with Gasteiger partial charge < -0.3 is 19.3 Å². The van der Waals surface area contributed by atoms with Crippen molar-refractivity contribution in [1.82, 2.24) is 4.90 Å². The first kappa shape index (κ1) is 21.9. The van der Waals surface area contributed by atoms with Crippen LogP contribution in [0.3, 0.4) is 0 Å². The van der Waals surface area contributed by atoms with Gasteiger partial charge in [0.2, 0.25) is 0 Å². The smallest absolute Gasteiger partial charge is 0.347 e. The Kier molecular flexibility index (Phi) is 6.47. The number of carbonyl (C=O) groups excluding carboxylic acids is 1. The van der Waals surface area contributed by atoms with Crippen LogP contribution in [-0.4, -0.2) is 38.6 Å². The van der Waals surface area contributed by atoms with Gasteiger partial charge in [-0.2, -0.15) is 0 Å². The first-order valence-electron chi connectivity index (χ1n) is 10.9. The normalized spacial score (nSPS) is 15.4. The van der Waals surface area contributed by atoms with Crippen LogP contribution in [0.1, 0.15) is 39.5 Å². The molecule has 3 aromatic carbocycles. The molecule has 0 radical (unpaired) electrons. The maximum Gasteiger partial charge on any atom is 0.347 e. The summed E-state index contributed by atoms with van der Waals surface area (Å²) in [6, 6.07) is 21.4. The van der Waals surface area contributed by atoms with E-state index in [1.807, 2.05) is 61.5 Å². The second-order valence-corrected chi connectivity index (χ2v) is 8.48. The third-order valence-corrected chi connectivity index (χ3v) is 6.03. The van der Waals surface area contributed by atoms with Crippen molar-refractivity contribution in [1.29, 1.82) is 0 Å². The highest BCUT2D eigenvalue weighted by Crippen LogP contribution is 2.43. The van der Waals surface area contributed by atoms with Crippen molar-refractivity contribution in [3.05, 3.63) is 89.0 Å². The van der Waals surface area contributed by atoms with Gasteiger partial charge in [0.15, 0.2) is 0 Å². The second-order valence-electron chi connectivity index (χ2n) is 8.48. The van der Waals surface area contributed by atoms with Crippen LogP contribution in [0.5, 0.6) is 11.5 Å². The lowest BCUT2D eigenvalue weighted by atomic mass is 9.90. The Morgan fingerprint density at radius 2 is 1.72 bits per heavy atom. The van der Waals surface area contributed by atoms with Crippen molar-refractivity contribution in [3.63, 3.8) is 0 Å². The number of hydrogen-bond donors (Lipinski definition) is 0. The van der Waals surface area contributed by atoms with Gasteiger partial charge in [-0.3, -0.25) is 0 Å². The molecule has 0 amide bonds. The number of rotatable bonds is 6. The zero-order chi connectivity index (χ0) is 22.7. The molecule has 1 heterocycles. The summed E-state index contributed by atoms with van der Waals surface area (Å²) in [5.74, 6) is 0.677. The zero-order valence-corrected chi connectivity index (χ0v) is 19.2. The van der Waals surface area contributed by atoms with Gasteiger partial charge in [-0.15, -0.1) is 0 Å². The van der Waals surface area contributed by atoms with Crippen molar-refractivity contribution in [2.75, 3.05) is 32.6 Å². The van der Waals surface area contributed by atoms with Crippen LogP contribution >= 0.6 is 0 Å². The molecular formula is C27H30N2O3. The molecule has 32 heavy (non-hydrogen) atoms. The molecule has 0 saturated carbocycles. The monoisotopic (exact) mass is 430 g/mol.